The molecule has 1 aromatic carbocycles. The van der Waals surface area contributed by atoms with Crippen LogP contribution in [0.1, 0.15) is 20.3 Å². The molecule has 0 saturated carbocycles. The summed E-state index contributed by atoms with van der Waals surface area (Å²) in [4.78, 5) is 1.08. The predicted molar refractivity (Wildman–Crippen MR) is 74.1 cm³/mol. The fourth-order valence-electron chi connectivity index (χ4n) is 1.32. The highest BCUT2D eigenvalue weighted by Gasteiger charge is 2.14. The summed E-state index contributed by atoms with van der Waals surface area (Å²) in [5.41, 5.74) is 6.28. The molecular weight excluding hydrogens is 254 g/mol. The second-order valence-electron chi connectivity index (χ2n) is 4.26. The Labute approximate surface area is 108 Å². The van der Waals surface area contributed by atoms with Crippen molar-refractivity contribution < 1.29 is 8.42 Å². The van der Waals surface area contributed by atoms with E-state index >= 15 is 0 Å². The van der Waals surface area contributed by atoms with Crippen molar-refractivity contribution in [3.8, 4) is 0 Å². The third kappa shape index (κ3) is 3.92. The van der Waals surface area contributed by atoms with E-state index in [-0.39, 0.29) is 4.90 Å². The fourth-order valence-corrected chi connectivity index (χ4v) is 3.36. The zero-order valence-electron chi connectivity index (χ0n) is 10.4. The quantitative estimate of drug-likeness (QED) is 0.662. The zero-order chi connectivity index (χ0) is 13.1. The molecule has 0 saturated heterocycles. The monoisotopic (exact) mass is 273 g/mol. The minimum atomic E-state index is -3.24. The summed E-state index contributed by atoms with van der Waals surface area (Å²) in [5, 5.41) is 0. The van der Waals surface area contributed by atoms with Crippen LogP contribution in [0.15, 0.2) is 28.0 Å². The van der Waals surface area contributed by atoms with Crippen LogP contribution in [0.4, 0.5) is 5.69 Å². The molecule has 17 heavy (non-hydrogen) atoms. The van der Waals surface area contributed by atoms with Gasteiger partial charge >= 0.3 is 0 Å². The van der Waals surface area contributed by atoms with Gasteiger partial charge in [0.05, 0.1) is 10.6 Å². The average Bonchev–Trinajstić information content (AvgIpc) is 2.25. The maximum absolute atomic E-state index is 11.5. The summed E-state index contributed by atoms with van der Waals surface area (Å²) in [5.74, 6) is 1.55. The van der Waals surface area contributed by atoms with Crippen molar-refractivity contribution in [1.82, 2.24) is 0 Å². The highest BCUT2D eigenvalue weighted by molar-refractivity contribution is 7.99. The van der Waals surface area contributed by atoms with Crippen LogP contribution in [0, 0.1) is 5.92 Å². The number of benzene rings is 1. The van der Waals surface area contributed by atoms with Gasteiger partial charge in [0.25, 0.3) is 0 Å². The highest BCUT2D eigenvalue weighted by Crippen LogP contribution is 2.31. The van der Waals surface area contributed by atoms with E-state index in [1.54, 1.807) is 23.9 Å². The van der Waals surface area contributed by atoms with E-state index in [1.165, 1.54) is 6.26 Å². The molecule has 5 heteroatoms. The molecule has 1 rings (SSSR count). The molecule has 0 fully saturated rings. The molecule has 0 heterocycles. The lowest BCUT2D eigenvalue weighted by Crippen LogP contribution is -2.04. The standard InChI is InChI=1S/C12H19NO2S2/c1-4-9(2)8-16-10-6-5-7-11(12(10)13)17(3,14)15/h5-7,9H,4,8,13H2,1-3H3. The zero-order valence-corrected chi connectivity index (χ0v) is 12.1. The Kier molecular flexibility index (Phi) is 4.89. The highest BCUT2D eigenvalue weighted by atomic mass is 32.2. The summed E-state index contributed by atoms with van der Waals surface area (Å²) >= 11 is 1.62. The predicted octanol–water partition coefficient (Wildman–Crippen LogP) is 2.81. The summed E-state index contributed by atoms with van der Waals surface area (Å²) in [7, 11) is -3.24. The van der Waals surface area contributed by atoms with Crippen molar-refractivity contribution in [2.75, 3.05) is 17.7 Å². The van der Waals surface area contributed by atoms with E-state index in [0.717, 1.165) is 17.1 Å². The lowest BCUT2D eigenvalue weighted by atomic mass is 10.2. The van der Waals surface area contributed by atoms with Gasteiger partial charge in [-0.15, -0.1) is 11.8 Å². The smallest absolute Gasteiger partial charge is 0.177 e. The average molecular weight is 273 g/mol. The number of thioether (sulfide) groups is 1. The van der Waals surface area contributed by atoms with Crippen LogP contribution in [0.2, 0.25) is 0 Å². The number of hydrogen-bond acceptors (Lipinski definition) is 4. The van der Waals surface area contributed by atoms with Gasteiger partial charge < -0.3 is 5.73 Å². The maximum atomic E-state index is 11.5. The fraction of sp³-hybridized carbons (Fsp3) is 0.500. The van der Waals surface area contributed by atoms with E-state index in [2.05, 4.69) is 13.8 Å². The topological polar surface area (TPSA) is 60.2 Å². The van der Waals surface area contributed by atoms with E-state index in [4.69, 9.17) is 5.73 Å². The molecule has 0 bridgehead atoms. The maximum Gasteiger partial charge on any atom is 0.177 e. The molecule has 96 valence electrons. The van der Waals surface area contributed by atoms with Gasteiger partial charge in [0.15, 0.2) is 9.84 Å². The Morgan fingerprint density at radius 3 is 2.59 bits per heavy atom. The molecule has 0 aliphatic rings. The van der Waals surface area contributed by atoms with Crippen molar-refractivity contribution in [3.05, 3.63) is 18.2 Å². The molecule has 0 aliphatic heterocycles. The summed E-state index contributed by atoms with van der Waals surface area (Å²) in [6.07, 6.45) is 2.29. The van der Waals surface area contributed by atoms with E-state index < -0.39 is 9.84 Å². The summed E-state index contributed by atoms with van der Waals surface area (Å²) < 4.78 is 23.0. The first-order valence-corrected chi connectivity index (χ1v) is 8.45. The summed E-state index contributed by atoms with van der Waals surface area (Å²) in [6, 6.07) is 5.17. The first-order valence-electron chi connectivity index (χ1n) is 5.57. The Balaban J connectivity index is 2.96. The minimum Gasteiger partial charge on any atom is -0.397 e. The van der Waals surface area contributed by atoms with E-state index in [0.29, 0.717) is 11.6 Å². The number of nitrogens with two attached hydrogens (primary N) is 1. The lowest BCUT2D eigenvalue weighted by molar-refractivity contribution is 0.602. The molecule has 0 aliphatic carbocycles. The summed E-state index contributed by atoms with van der Waals surface area (Å²) in [6.45, 7) is 4.31. The third-order valence-electron chi connectivity index (χ3n) is 2.65. The molecule has 1 unspecified atom stereocenters. The van der Waals surface area contributed by atoms with Crippen LogP contribution in [0.25, 0.3) is 0 Å². The Hall–Kier alpha value is -0.680. The molecule has 0 amide bonds. The molecule has 3 nitrogen and oxygen atoms in total. The van der Waals surface area contributed by atoms with Crippen LogP contribution in [-0.4, -0.2) is 20.4 Å². The van der Waals surface area contributed by atoms with Crippen LogP contribution < -0.4 is 5.73 Å². The molecule has 0 aromatic heterocycles. The second kappa shape index (κ2) is 5.78. The van der Waals surface area contributed by atoms with Gasteiger partial charge in [-0.3, -0.25) is 0 Å². The van der Waals surface area contributed by atoms with E-state index in [9.17, 15) is 8.42 Å². The van der Waals surface area contributed by atoms with Crippen molar-refractivity contribution in [3.63, 3.8) is 0 Å². The van der Waals surface area contributed by atoms with Crippen LogP contribution in [-0.2, 0) is 9.84 Å². The number of anilines is 1. The third-order valence-corrected chi connectivity index (χ3v) is 5.20. The Morgan fingerprint density at radius 1 is 1.41 bits per heavy atom. The number of hydrogen-bond donors (Lipinski definition) is 1. The number of sulfone groups is 1. The van der Waals surface area contributed by atoms with Crippen molar-refractivity contribution >= 4 is 27.3 Å². The largest absolute Gasteiger partial charge is 0.397 e. The second-order valence-corrected chi connectivity index (χ2v) is 7.31. The van der Waals surface area contributed by atoms with Gasteiger partial charge in [-0.05, 0) is 18.1 Å². The molecule has 2 N–H and O–H groups in total. The Bertz CT molecular complexity index is 483. The number of rotatable bonds is 5. The molecular formula is C12H19NO2S2. The lowest BCUT2D eigenvalue weighted by Gasteiger charge is -2.11. The molecule has 0 radical (unpaired) electrons. The van der Waals surface area contributed by atoms with Gasteiger partial charge in [-0.25, -0.2) is 8.42 Å². The first kappa shape index (κ1) is 14.4. The van der Waals surface area contributed by atoms with Crippen molar-refractivity contribution in [2.24, 2.45) is 5.92 Å². The van der Waals surface area contributed by atoms with Gasteiger partial charge in [0.1, 0.15) is 0 Å². The number of para-hydroxylation sites is 1. The van der Waals surface area contributed by atoms with Crippen LogP contribution in [0.3, 0.4) is 0 Å². The molecule has 0 spiro atoms. The van der Waals surface area contributed by atoms with Crippen LogP contribution >= 0.6 is 11.8 Å². The molecule has 1 atom stereocenters. The first-order chi connectivity index (χ1) is 7.86. The molecule has 1 aromatic rings. The van der Waals surface area contributed by atoms with Crippen LogP contribution in [0.5, 0.6) is 0 Å². The van der Waals surface area contributed by atoms with Crippen molar-refractivity contribution in [1.29, 1.82) is 0 Å². The van der Waals surface area contributed by atoms with Gasteiger partial charge in [0.2, 0.25) is 0 Å². The SMILES string of the molecule is CCC(C)CSc1cccc(S(C)(=O)=O)c1N. The minimum absolute atomic E-state index is 0.228. The van der Waals surface area contributed by atoms with E-state index in [1.807, 2.05) is 6.07 Å². The van der Waals surface area contributed by atoms with Gasteiger partial charge in [0, 0.05) is 16.9 Å². The normalized spacial score (nSPS) is 13.6. The van der Waals surface area contributed by atoms with Crippen molar-refractivity contribution in [2.45, 2.75) is 30.1 Å². The van der Waals surface area contributed by atoms with Gasteiger partial charge in [-0.1, -0.05) is 26.3 Å². The Morgan fingerprint density at radius 2 is 2.06 bits per heavy atom. The van der Waals surface area contributed by atoms with Gasteiger partial charge in [-0.2, -0.15) is 0 Å². The number of nitrogen functional groups attached to an aromatic ring is 1.